The Hall–Kier alpha value is -3.18. The molecule has 2 N–H and O–H groups in total. The maximum absolute atomic E-state index is 12.8. The molecule has 1 aliphatic rings. The molecule has 1 amide bonds. The van der Waals surface area contributed by atoms with Gasteiger partial charge in [0.1, 0.15) is 10.6 Å². The van der Waals surface area contributed by atoms with Gasteiger partial charge >= 0.3 is 11.8 Å². The number of anilines is 1. The summed E-state index contributed by atoms with van der Waals surface area (Å²) in [6, 6.07) is 8.59. The summed E-state index contributed by atoms with van der Waals surface area (Å²) in [5, 5.41) is 7.66. The van der Waals surface area contributed by atoms with E-state index in [2.05, 4.69) is 19.9 Å². The molecule has 0 saturated carbocycles. The summed E-state index contributed by atoms with van der Waals surface area (Å²) in [5.41, 5.74) is 1.71. The Morgan fingerprint density at radius 2 is 2.00 bits per heavy atom. The van der Waals surface area contributed by atoms with Gasteiger partial charge in [-0.2, -0.15) is 0 Å². The maximum Gasteiger partial charge on any atom is 0.311 e. The molecule has 1 aromatic carbocycles. The van der Waals surface area contributed by atoms with Gasteiger partial charge in [-0.15, -0.1) is 10.2 Å². The van der Waals surface area contributed by atoms with E-state index in [1.54, 1.807) is 17.0 Å². The molecule has 2 aromatic heterocycles. The van der Waals surface area contributed by atoms with Crippen molar-refractivity contribution in [3.05, 3.63) is 48.0 Å². The SMILES string of the molecule is CCc1ccccc1NS(=O)(=O)c1c[nH]c(-c2nnc(C(=O)N3CCOCC3)o2)c1. The summed E-state index contributed by atoms with van der Waals surface area (Å²) < 4.78 is 38.8. The van der Waals surface area contributed by atoms with Crippen LogP contribution in [0.25, 0.3) is 11.6 Å². The molecule has 11 heteroatoms. The molecular weight excluding hydrogens is 410 g/mol. The lowest BCUT2D eigenvalue weighted by atomic mass is 10.1. The number of rotatable bonds is 6. The van der Waals surface area contributed by atoms with Crippen molar-refractivity contribution >= 4 is 21.6 Å². The molecule has 0 radical (unpaired) electrons. The largest absolute Gasteiger partial charge is 0.411 e. The van der Waals surface area contributed by atoms with Crippen LogP contribution >= 0.6 is 0 Å². The van der Waals surface area contributed by atoms with Crippen LogP contribution in [0.1, 0.15) is 23.2 Å². The van der Waals surface area contributed by atoms with E-state index in [-0.39, 0.29) is 22.6 Å². The molecule has 0 bridgehead atoms. The van der Waals surface area contributed by atoms with E-state index in [9.17, 15) is 13.2 Å². The number of aryl methyl sites for hydroxylation is 1. The van der Waals surface area contributed by atoms with Crippen molar-refractivity contribution in [2.45, 2.75) is 18.2 Å². The Bertz CT molecular complexity index is 1150. The van der Waals surface area contributed by atoms with Gasteiger partial charge in [-0.1, -0.05) is 25.1 Å². The smallest absolute Gasteiger partial charge is 0.311 e. The van der Waals surface area contributed by atoms with Gasteiger partial charge in [0.2, 0.25) is 0 Å². The van der Waals surface area contributed by atoms with Gasteiger partial charge in [-0.25, -0.2) is 8.42 Å². The molecule has 3 heterocycles. The van der Waals surface area contributed by atoms with Crippen molar-refractivity contribution in [3.8, 4) is 11.6 Å². The van der Waals surface area contributed by atoms with Crippen LogP contribution in [0.3, 0.4) is 0 Å². The Balaban J connectivity index is 1.52. The first kappa shape index (κ1) is 20.1. The van der Waals surface area contributed by atoms with Gasteiger partial charge in [-0.05, 0) is 24.1 Å². The van der Waals surface area contributed by atoms with E-state index in [0.717, 1.165) is 5.56 Å². The Morgan fingerprint density at radius 1 is 1.23 bits per heavy atom. The summed E-state index contributed by atoms with van der Waals surface area (Å²) in [6.07, 6.45) is 2.03. The number of nitrogens with zero attached hydrogens (tertiary/aromatic N) is 3. The number of aromatic amines is 1. The van der Waals surface area contributed by atoms with Gasteiger partial charge in [0, 0.05) is 19.3 Å². The number of benzene rings is 1. The first-order valence-corrected chi connectivity index (χ1v) is 11.0. The third kappa shape index (κ3) is 4.07. The molecular formula is C19H21N5O5S. The van der Waals surface area contributed by atoms with Gasteiger partial charge in [0.25, 0.3) is 15.9 Å². The monoisotopic (exact) mass is 431 g/mol. The first-order valence-electron chi connectivity index (χ1n) is 9.48. The summed E-state index contributed by atoms with van der Waals surface area (Å²) in [7, 11) is -3.82. The first-order chi connectivity index (χ1) is 14.5. The minimum atomic E-state index is -3.82. The molecule has 0 aliphatic carbocycles. The van der Waals surface area contributed by atoms with Crippen LogP contribution in [0.5, 0.6) is 0 Å². The maximum atomic E-state index is 12.8. The number of ether oxygens (including phenoxy) is 1. The molecule has 0 atom stereocenters. The van der Waals surface area contributed by atoms with Gasteiger partial charge in [0.15, 0.2) is 0 Å². The van der Waals surface area contributed by atoms with Crippen molar-refractivity contribution in [1.82, 2.24) is 20.1 Å². The molecule has 30 heavy (non-hydrogen) atoms. The highest BCUT2D eigenvalue weighted by Crippen LogP contribution is 2.24. The Kier molecular flexibility index (Phi) is 5.55. The molecule has 10 nitrogen and oxygen atoms in total. The molecule has 1 aliphatic heterocycles. The standard InChI is InChI=1S/C19H21N5O5S/c1-2-13-5-3-4-6-15(13)23-30(26,27)14-11-16(20-12-14)17-21-22-18(29-17)19(25)24-7-9-28-10-8-24/h3-6,11-12,20,23H,2,7-10H2,1H3. The number of para-hydroxylation sites is 1. The third-order valence-corrected chi connectivity index (χ3v) is 6.09. The topological polar surface area (TPSA) is 130 Å². The number of carbonyl (C=O) groups is 1. The zero-order valence-corrected chi connectivity index (χ0v) is 17.1. The van der Waals surface area contributed by atoms with Crippen molar-refractivity contribution in [2.24, 2.45) is 0 Å². The Morgan fingerprint density at radius 3 is 2.77 bits per heavy atom. The van der Waals surface area contributed by atoms with E-state index < -0.39 is 10.0 Å². The van der Waals surface area contributed by atoms with Gasteiger partial charge in [-0.3, -0.25) is 9.52 Å². The number of H-pyrrole nitrogens is 1. The number of sulfonamides is 1. The molecule has 0 unspecified atom stereocenters. The number of carbonyl (C=O) groups excluding carboxylic acids is 1. The zero-order valence-electron chi connectivity index (χ0n) is 16.3. The fourth-order valence-electron chi connectivity index (χ4n) is 3.11. The molecule has 1 saturated heterocycles. The van der Waals surface area contributed by atoms with E-state index in [4.69, 9.17) is 9.15 Å². The normalized spacial score (nSPS) is 14.6. The van der Waals surface area contributed by atoms with E-state index in [1.807, 2.05) is 19.1 Å². The lowest BCUT2D eigenvalue weighted by molar-refractivity contribution is 0.0278. The van der Waals surface area contributed by atoms with Crippen molar-refractivity contribution < 1.29 is 22.4 Å². The van der Waals surface area contributed by atoms with Crippen LogP contribution in [-0.4, -0.2) is 60.7 Å². The lowest BCUT2D eigenvalue weighted by Crippen LogP contribution is -2.40. The average Bonchev–Trinajstić information content (AvgIpc) is 3.44. The van der Waals surface area contributed by atoms with Crippen LogP contribution in [0.2, 0.25) is 0 Å². The predicted molar refractivity (Wildman–Crippen MR) is 107 cm³/mol. The van der Waals surface area contributed by atoms with Crippen LogP contribution in [-0.2, 0) is 21.2 Å². The summed E-state index contributed by atoms with van der Waals surface area (Å²) in [4.78, 5) is 16.8. The van der Waals surface area contributed by atoms with Crippen molar-refractivity contribution in [3.63, 3.8) is 0 Å². The molecule has 1 fully saturated rings. The fraction of sp³-hybridized carbons (Fsp3) is 0.316. The highest BCUT2D eigenvalue weighted by molar-refractivity contribution is 7.92. The number of nitrogens with one attached hydrogen (secondary N) is 2. The van der Waals surface area contributed by atoms with Gasteiger partial charge in [0.05, 0.1) is 18.9 Å². The van der Waals surface area contributed by atoms with Crippen molar-refractivity contribution in [1.29, 1.82) is 0 Å². The summed E-state index contributed by atoms with van der Waals surface area (Å²) >= 11 is 0. The Labute approximate surface area is 173 Å². The number of morpholine rings is 1. The second kappa shape index (κ2) is 8.28. The molecule has 3 aromatic rings. The minimum Gasteiger partial charge on any atom is -0.411 e. The number of hydrogen-bond acceptors (Lipinski definition) is 7. The molecule has 0 spiro atoms. The van der Waals surface area contributed by atoms with Crippen LogP contribution in [0, 0.1) is 0 Å². The number of hydrogen-bond donors (Lipinski definition) is 2. The number of amides is 1. The number of aromatic nitrogens is 3. The van der Waals surface area contributed by atoms with Crippen LogP contribution in [0.4, 0.5) is 5.69 Å². The van der Waals surface area contributed by atoms with E-state index in [0.29, 0.717) is 44.1 Å². The highest BCUT2D eigenvalue weighted by Gasteiger charge is 2.25. The minimum absolute atomic E-state index is 0.0164. The fourth-order valence-corrected chi connectivity index (χ4v) is 4.20. The molecule has 4 rings (SSSR count). The van der Waals surface area contributed by atoms with Crippen LogP contribution in [0.15, 0.2) is 45.8 Å². The van der Waals surface area contributed by atoms with Crippen molar-refractivity contribution in [2.75, 3.05) is 31.0 Å². The predicted octanol–water partition coefficient (Wildman–Crippen LogP) is 1.90. The lowest BCUT2D eigenvalue weighted by Gasteiger charge is -2.25. The average molecular weight is 431 g/mol. The third-order valence-electron chi connectivity index (χ3n) is 4.75. The zero-order chi connectivity index (χ0) is 21.1. The van der Waals surface area contributed by atoms with Crippen LogP contribution < -0.4 is 4.72 Å². The second-order valence-corrected chi connectivity index (χ2v) is 8.36. The van der Waals surface area contributed by atoms with E-state index >= 15 is 0 Å². The second-order valence-electron chi connectivity index (χ2n) is 6.68. The summed E-state index contributed by atoms with van der Waals surface area (Å²) in [5.74, 6) is -0.503. The molecule has 158 valence electrons. The highest BCUT2D eigenvalue weighted by atomic mass is 32.2. The summed E-state index contributed by atoms with van der Waals surface area (Å²) in [6.45, 7) is 3.77. The quantitative estimate of drug-likeness (QED) is 0.609. The van der Waals surface area contributed by atoms with E-state index in [1.165, 1.54) is 12.3 Å². The van der Waals surface area contributed by atoms with Gasteiger partial charge < -0.3 is 19.0 Å².